The van der Waals surface area contributed by atoms with Crippen LogP contribution < -0.4 is 15.4 Å². The number of para-hydroxylation sites is 1. The molecule has 2 unspecified atom stereocenters. The van der Waals surface area contributed by atoms with E-state index in [1.54, 1.807) is 0 Å². The average Bonchev–Trinajstić information content (AvgIpc) is 3.13. The largest absolute Gasteiger partial charge is 0.490 e. The third kappa shape index (κ3) is 5.16. The van der Waals surface area contributed by atoms with Crippen molar-refractivity contribution in [2.45, 2.75) is 39.3 Å². The molecule has 0 aliphatic rings. The van der Waals surface area contributed by atoms with Crippen LogP contribution in [0.3, 0.4) is 0 Å². The van der Waals surface area contributed by atoms with Crippen molar-refractivity contribution >= 4 is 22.8 Å². The molecule has 3 rings (SSSR count). The minimum Gasteiger partial charge on any atom is -0.490 e. The molecule has 1 heterocycles. The molecule has 6 nitrogen and oxygen atoms in total. The molecule has 6 heteroatoms. The number of rotatable bonds is 8. The maximum atomic E-state index is 12.6. The van der Waals surface area contributed by atoms with Crippen LogP contribution in [-0.2, 0) is 9.59 Å². The summed E-state index contributed by atoms with van der Waals surface area (Å²) in [5.41, 5.74) is 1.56. The highest BCUT2D eigenvalue weighted by Crippen LogP contribution is 2.31. The SMILES string of the molecule is CCOc1cccc2cc(C(C)NC(=O)CC(NC(C)=O)c3ccccc3)oc12. The molecule has 152 valence electrons. The van der Waals surface area contributed by atoms with Crippen LogP contribution in [0.25, 0.3) is 11.0 Å². The molecule has 0 spiro atoms. The van der Waals surface area contributed by atoms with Gasteiger partial charge in [0.15, 0.2) is 11.3 Å². The molecule has 0 aliphatic heterocycles. The van der Waals surface area contributed by atoms with E-state index in [1.165, 1.54) is 6.92 Å². The van der Waals surface area contributed by atoms with Gasteiger partial charge in [-0.1, -0.05) is 42.5 Å². The van der Waals surface area contributed by atoms with E-state index in [0.717, 1.165) is 10.9 Å². The van der Waals surface area contributed by atoms with Crippen molar-refractivity contribution in [2.75, 3.05) is 6.61 Å². The van der Waals surface area contributed by atoms with Crippen LogP contribution in [0, 0.1) is 0 Å². The first-order chi connectivity index (χ1) is 14.0. The van der Waals surface area contributed by atoms with E-state index in [1.807, 2.05) is 68.4 Å². The Morgan fingerprint density at radius 3 is 2.52 bits per heavy atom. The maximum absolute atomic E-state index is 12.6. The molecule has 0 aliphatic carbocycles. The number of carbonyl (C=O) groups excluding carboxylic acids is 2. The Balaban J connectivity index is 1.71. The quantitative estimate of drug-likeness (QED) is 0.598. The third-order valence-corrected chi connectivity index (χ3v) is 4.60. The van der Waals surface area contributed by atoms with Gasteiger partial charge in [-0.3, -0.25) is 9.59 Å². The molecular weight excluding hydrogens is 368 g/mol. The number of fused-ring (bicyclic) bond motifs is 1. The van der Waals surface area contributed by atoms with Gasteiger partial charge in [0, 0.05) is 12.3 Å². The van der Waals surface area contributed by atoms with Crippen LogP contribution in [0.1, 0.15) is 50.6 Å². The van der Waals surface area contributed by atoms with Crippen LogP contribution in [0.4, 0.5) is 0 Å². The van der Waals surface area contributed by atoms with Gasteiger partial charge in [0.2, 0.25) is 11.8 Å². The molecule has 0 radical (unpaired) electrons. The van der Waals surface area contributed by atoms with Crippen molar-refractivity contribution in [3.05, 3.63) is 65.9 Å². The number of furan rings is 1. The highest BCUT2D eigenvalue weighted by molar-refractivity contribution is 5.84. The van der Waals surface area contributed by atoms with Gasteiger partial charge in [0.05, 0.1) is 25.1 Å². The van der Waals surface area contributed by atoms with Crippen LogP contribution in [-0.4, -0.2) is 18.4 Å². The third-order valence-electron chi connectivity index (χ3n) is 4.60. The number of ether oxygens (including phenoxy) is 1. The van der Waals surface area contributed by atoms with Crippen molar-refractivity contribution in [2.24, 2.45) is 0 Å². The molecule has 0 saturated heterocycles. The van der Waals surface area contributed by atoms with E-state index >= 15 is 0 Å². The number of hydrogen-bond acceptors (Lipinski definition) is 4. The second-order valence-corrected chi connectivity index (χ2v) is 6.91. The lowest BCUT2D eigenvalue weighted by Gasteiger charge is -2.19. The molecule has 1 aromatic heterocycles. The fourth-order valence-corrected chi connectivity index (χ4v) is 3.28. The minimum absolute atomic E-state index is 0.137. The second kappa shape index (κ2) is 9.28. The fourth-order valence-electron chi connectivity index (χ4n) is 3.28. The number of hydrogen-bond donors (Lipinski definition) is 2. The number of carbonyl (C=O) groups is 2. The van der Waals surface area contributed by atoms with Gasteiger partial charge in [-0.15, -0.1) is 0 Å². The summed E-state index contributed by atoms with van der Waals surface area (Å²) in [5, 5.41) is 6.72. The van der Waals surface area contributed by atoms with Gasteiger partial charge in [0.25, 0.3) is 0 Å². The highest BCUT2D eigenvalue weighted by Gasteiger charge is 2.20. The summed E-state index contributed by atoms with van der Waals surface area (Å²) >= 11 is 0. The standard InChI is InChI=1S/C23H26N2O4/c1-4-28-20-12-8-11-18-13-21(29-23(18)20)15(2)24-22(27)14-19(25-16(3)26)17-9-6-5-7-10-17/h5-13,15,19H,4,14H2,1-3H3,(H,24,27)(H,25,26). The first-order valence-electron chi connectivity index (χ1n) is 9.74. The predicted molar refractivity (Wildman–Crippen MR) is 112 cm³/mol. The lowest BCUT2D eigenvalue weighted by molar-refractivity contribution is -0.123. The molecule has 0 bridgehead atoms. The monoisotopic (exact) mass is 394 g/mol. The van der Waals surface area contributed by atoms with E-state index < -0.39 is 0 Å². The lowest BCUT2D eigenvalue weighted by Crippen LogP contribution is -2.33. The summed E-state index contributed by atoms with van der Waals surface area (Å²) in [4.78, 5) is 24.2. The molecule has 2 aromatic carbocycles. The minimum atomic E-state index is -0.388. The average molecular weight is 394 g/mol. The molecule has 0 saturated carbocycles. The summed E-state index contributed by atoms with van der Waals surface area (Å²) in [7, 11) is 0. The highest BCUT2D eigenvalue weighted by atomic mass is 16.5. The van der Waals surface area contributed by atoms with Gasteiger partial charge in [0.1, 0.15) is 5.76 Å². The Bertz CT molecular complexity index is 981. The Labute approximate surface area is 170 Å². The lowest BCUT2D eigenvalue weighted by atomic mass is 10.0. The zero-order chi connectivity index (χ0) is 20.8. The molecule has 2 atom stereocenters. The van der Waals surface area contributed by atoms with E-state index in [0.29, 0.717) is 23.7 Å². The van der Waals surface area contributed by atoms with Crippen molar-refractivity contribution in [1.82, 2.24) is 10.6 Å². The number of amides is 2. The Hall–Kier alpha value is -3.28. The summed E-state index contributed by atoms with van der Waals surface area (Å²) in [6, 6.07) is 16.4. The van der Waals surface area contributed by atoms with Gasteiger partial charge in [-0.05, 0) is 31.5 Å². The molecule has 2 N–H and O–H groups in total. The van der Waals surface area contributed by atoms with Crippen molar-refractivity contribution < 1.29 is 18.7 Å². The van der Waals surface area contributed by atoms with Crippen molar-refractivity contribution in [3.8, 4) is 5.75 Å². The Morgan fingerprint density at radius 2 is 1.83 bits per heavy atom. The van der Waals surface area contributed by atoms with E-state index in [2.05, 4.69) is 10.6 Å². The predicted octanol–water partition coefficient (Wildman–Crippen LogP) is 4.28. The Kier molecular flexibility index (Phi) is 6.54. The van der Waals surface area contributed by atoms with Crippen molar-refractivity contribution in [1.29, 1.82) is 0 Å². The molecular formula is C23H26N2O4. The Morgan fingerprint density at radius 1 is 1.07 bits per heavy atom. The van der Waals surface area contributed by atoms with Crippen molar-refractivity contribution in [3.63, 3.8) is 0 Å². The van der Waals surface area contributed by atoms with Crippen LogP contribution in [0.15, 0.2) is 59.0 Å². The van der Waals surface area contributed by atoms with E-state index in [4.69, 9.17) is 9.15 Å². The summed E-state index contributed by atoms with van der Waals surface area (Å²) in [5.74, 6) is 0.979. The zero-order valence-corrected chi connectivity index (χ0v) is 16.9. The summed E-state index contributed by atoms with van der Waals surface area (Å²) < 4.78 is 11.6. The van der Waals surface area contributed by atoms with Gasteiger partial charge in [-0.2, -0.15) is 0 Å². The molecule has 3 aromatic rings. The first-order valence-corrected chi connectivity index (χ1v) is 9.74. The van der Waals surface area contributed by atoms with E-state index in [9.17, 15) is 9.59 Å². The van der Waals surface area contributed by atoms with Crippen LogP contribution in [0.2, 0.25) is 0 Å². The number of nitrogens with one attached hydrogen (secondary N) is 2. The molecule has 0 fully saturated rings. The first kappa shape index (κ1) is 20.5. The normalized spacial score (nSPS) is 12.9. The summed E-state index contributed by atoms with van der Waals surface area (Å²) in [6.45, 7) is 5.78. The topological polar surface area (TPSA) is 80.6 Å². The van der Waals surface area contributed by atoms with Gasteiger partial charge < -0.3 is 19.8 Å². The van der Waals surface area contributed by atoms with Crippen LogP contribution >= 0.6 is 0 Å². The zero-order valence-electron chi connectivity index (χ0n) is 16.9. The smallest absolute Gasteiger partial charge is 0.222 e. The molecule has 2 amide bonds. The summed E-state index contributed by atoms with van der Waals surface area (Å²) in [6.07, 6.45) is 0.137. The molecule has 29 heavy (non-hydrogen) atoms. The maximum Gasteiger partial charge on any atom is 0.222 e. The van der Waals surface area contributed by atoms with Gasteiger partial charge in [-0.25, -0.2) is 0 Å². The second-order valence-electron chi connectivity index (χ2n) is 6.91. The van der Waals surface area contributed by atoms with Crippen LogP contribution in [0.5, 0.6) is 5.75 Å². The van der Waals surface area contributed by atoms with Gasteiger partial charge >= 0.3 is 0 Å². The number of benzene rings is 2. The van der Waals surface area contributed by atoms with E-state index in [-0.39, 0.29) is 30.3 Å². The fraction of sp³-hybridized carbons (Fsp3) is 0.304.